The number of hydrogen-bond acceptors (Lipinski definition) is 5. The highest BCUT2D eigenvalue weighted by Crippen LogP contribution is 2.40. The van der Waals surface area contributed by atoms with E-state index in [1.807, 2.05) is 13.8 Å². The minimum atomic E-state index is -3.74. The van der Waals surface area contributed by atoms with E-state index in [2.05, 4.69) is 9.46 Å². The molecule has 0 amide bonds. The Morgan fingerprint density at radius 1 is 1.40 bits per heavy atom. The van der Waals surface area contributed by atoms with Gasteiger partial charge in [0.25, 0.3) is 0 Å². The van der Waals surface area contributed by atoms with E-state index in [-0.39, 0.29) is 18.6 Å². The SMILES string of the molecule is COC(=O)C1(S(=O)(=O)NCC(C)(C)CCCO)CCC1. The fourth-order valence-corrected chi connectivity index (χ4v) is 4.33. The molecule has 0 aromatic carbocycles. The molecule has 0 heterocycles. The summed E-state index contributed by atoms with van der Waals surface area (Å²) in [5, 5.41) is 8.84. The topological polar surface area (TPSA) is 92.7 Å². The maximum atomic E-state index is 12.4. The first kappa shape index (κ1) is 17.4. The zero-order valence-electron chi connectivity index (χ0n) is 12.4. The molecule has 0 aliphatic heterocycles. The monoisotopic (exact) mass is 307 g/mol. The summed E-state index contributed by atoms with van der Waals surface area (Å²) in [6.45, 7) is 4.18. The average Bonchev–Trinajstić information content (AvgIpc) is 2.32. The molecular weight excluding hydrogens is 282 g/mol. The van der Waals surface area contributed by atoms with Crippen molar-refractivity contribution in [1.82, 2.24) is 4.72 Å². The lowest BCUT2D eigenvalue weighted by Gasteiger charge is -2.38. The number of esters is 1. The van der Waals surface area contributed by atoms with Gasteiger partial charge in [-0.2, -0.15) is 0 Å². The normalized spacial score (nSPS) is 18.4. The second-order valence-corrected chi connectivity index (χ2v) is 8.23. The van der Waals surface area contributed by atoms with Gasteiger partial charge >= 0.3 is 5.97 Å². The number of hydrogen-bond donors (Lipinski definition) is 2. The lowest BCUT2D eigenvalue weighted by atomic mass is 9.84. The van der Waals surface area contributed by atoms with Crippen LogP contribution in [0.4, 0.5) is 0 Å². The molecule has 0 atom stereocenters. The second kappa shape index (κ2) is 6.41. The molecule has 0 bridgehead atoms. The van der Waals surface area contributed by atoms with Crippen molar-refractivity contribution in [2.24, 2.45) is 5.41 Å². The van der Waals surface area contributed by atoms with Gasteiger partial charge in [0.05, 0.1) is 7.11 Å². The van der Waals surface area contributed by atoms with E-state index in [0.717, 1.165) is 0 Å². The van der Waals surface area contributed by atoms with Gasteiger partial charge in [0.15, 0.2) is 4.75 Å². The summed E-state index contributed by atoms with van der Waals surface area (Å²) in [6, 6.07) is 0. The van der Waals surface area contributed by atoms with Crippen LogP contribution >= 0.6 is 0 Å². The molecule has 2 N–H and O–H groups in total. The third-order valence-corrected chi connectivity index (χ3v) is 6.11. The number of sulfonamides is 1. The summed E-state index contributed by atoms with van der Waals surface area (Å²) in [5.74, 6) is -0.676. The Hall–Kier alpha value is -0.660. The third kappa shape index (κ3) is 3.51. The van der Waals surface area contributed by atoms with Crippen LogP contribution in [0.1, 0.15) is 46.0 Å². The van der Waals surface area contributed by atoms with Gasteiger partial charge in [0.1, 0.15) is 0 Å². The van der Waals surface area contributed by atoms with Crippen LogP contribution in [0.15, 0.2) is 0 Å². The van der Waals surface area contributed by atoms with Crippen LogP contribution in [0.25, 0.3) is 0 Å². The van der Waals surface area contributed by atoms with E-state index in [1.165, 1.54) is 7.11 Å². The fourth-order valence-electron chi connectivity index (χ4n) is 2.34. The van der Waals surface area contributed by atoms with E-state index in [4.69, 9.17) is 5.11 Å². The largest absolute Gasteiger partial charge is 0.468 e. The molecule has 20 heavy (non-hydrogen) atoms. The standard InChI is InChI=1S/C13H25NO5S/c1-12(2,6-5-9-15)10-14-20(17,18)13(7-4-8-13)11(16)19-3/h14-15H,4-10H2,1-3H3. The van der Waals surface area contributed by atoms with Crippen LogP contribution in [-0.2, 0) is 19.6 Å². The molecule has 1 fully saturated rings. The predicted octanol–water partition coefficient (Wildman–Crippen LogP) is 0.800. The van der Waals surface area contributed by atoms with Gasteiger partial charge < -0.3 is 9.84 Å². The lowest BCUT2D eigenvalue weighted by molar-refractivity contribution is -0.146. The zero-order chi connectivity index (χ0) is 15.4. The second-order valence-electron chi connectivity index (χ2n) is 6.16. The van der Waals surface area contributed by atoms with Gasteiger partial charge in [-0.15, -0.1) is 0 Å². The molecule has 0 radical (unpaired) electrons. The zero-order valence-corrected chi connectivity index (χ0v) is 13.3. The van der Waals surface area contributed by atoms with Crippen LogP contribution in [0, 0.1) is 5.41 Å². The third-order valence-electron chi connectivity index (χ3n) is 3.99. The van der Waals surface area contributed by atoms with Crippen molar-refractivity contribution in [2.45, 2.75) is 50.7 Å². The lowest BCUT2D eigenvalue weighted by Crippen LogP contribution is -2.58. The Morgan fingerprint density at radius 2 is 2.00 bits per heavy atom. The highest BCUT2D eigenvalue weighted by molar-refractivity contribution is 7.91. The van der Waals surface area contributed by atoms with Crippen molar-refractivity contribution in [3.63, 3.8) is 0 Å². The van der Waals surface area contributed by atoms with E-state index in [0.29, 0.717) is 32.1 Å². The molecule has 118 valence electrons. The molecule has 1 aliphatic carbocycles. The molecule has 1 aliphatic rings. The summed E-state index contributed by atoms with van der Waals surface area (Å²) < 4.78 is 30.6. The molecule has 0 saturated heterocycles. The first-order valence-corrected chi connectivity index (χ1v) is 8.38. The number of carbonyl (C=O) groups is 1. The summed E-state index contributed by atoms with van der Waals surface area (Å²) >= 11 is 0. The minimum Gasteiger partial charge on any atom is -0.468 e. The molecule has 0 spiro atoms. The van der Waals surface area contributed by atoms with Crippen molar-refractivity contribution in [1.29, 1.82) is 0 Å². The Kier molecular flexibility index (Phi) is 5.57. The molecule has 0 aromatic heterocycles. The minimum absolute atomic E-state index is 0.0856. The number of aliphatic hydroxyl groups excluding tert-OH is 1. The van der Waals surface area contributed by atoms with Crippen molar-refractivity contribution in [3.05, 3.63) is 0 Å². The van der Waals surface area contributed by atoms with E-state index in [1.54, 1.807) is 0 Å². The van der Waals surface area contributed by atoms with Gasteiger partial charge in [0.2, 0.25) is 10.0 Å². The Labute approximate surface area is 120 Å². The molecule has 7 heteroatoms. The summed E-state index contributed by atoms with van der Waals surface area (Å²) in [6.07, 6.45) is 2.66. The Balaban J connectivity index is 2.72. The summed E-state index contributed by atoms with van der Waals surface area (Å²) in [4.78, 5) is 11.8. The number of carbonyl (C=O) groups excluding carboxylic acids is 1. The van der Waals surface area contributed by atoms with E-state index in [9.17, 15) is 13.2 Å². The molecule has 1 saturated carbocycles. The highest BCUT2D eigenvalue weighted by Gasteiger charge is 2.56. The number of nitrogens with one attached hydrogen (secondary N) is 1. The summed E-state index contributed by atoms with van der Waals surface area (Å²) in [7, 11) is -2.53. The number of methoxy groups -OCH3 is 1. The molecule has 6 nitrogen and oxygen atoms in total. The maximum Gasteiger partial charge on any atom is 0.328 e. The number of rotatable bonds is 8. The molecule has 0 unspecified atom stereocenters. The van der Waals surface area contributed by atoms with Crippen molar-refractivity contribution in [2.75, 3.05) is 20.3 Å². The van der Waals surface area contributed by atoms with Crippen molar-refractivity contribution < 1.29 is 23.1 Å². The van der Waals surface area contributed by atoms with Gasteiger partial charge in [-0.1, -0.05) is 13.8 Å². The summed E-state index contributed by atoms with van der Waals surface area (Å²) in [5.41, 5.74) is -0.267. The van der Waals surface area contributed by atoms with Crippen LogP contribution in [0.5, 0.6) is 0 Å². The van der Waals surface area contributed by atoms with Crippen LogP contribution in [0.2, 0.25) is 0 Å². The molecular formula is C13H25NO5S. The van der Waals surface area contributed by atoms with Gasteiger partial charge in [-0.05, 0) is 37.5 Å². The maximum absolute atomic E-state index is 12.4. The Morgan fingerprint density at radius 3 is 2.40 bits per heavy atom. The molecule has 1 rings (SSSR count). The predicted molar refractivity (Wildman–Crippen MR) is 75.6 cm³/mol. The smallest absolute Gasteiger partial charge is 0.328 e. The first-order chi connectivity index (χ1) is 9.21. The van der Waals surface area contributed by atoms with Gasteiger partial charge in [-0.25, -0.2) is 13.1 Å². The molecule has 0 aromatic rings. The van der Waals surface area contributed by atoms with Gasteiger partial charge in [0, 0.05) is 13.2 Å². The Bertz CT molecular complexity index is 440. The van der Waals surface area contributed by atoms with E-state index < -0.39 is 20.7 Å². The number of ether oxygens (including phenoxy) is 1. The van der Waals surface area contributed by atoms with Crippen LogP contribution < -0.4 is 4.72 Å². The van der Waals surface area contributed by atoms with E-state index >= 15 is 0 Å². The quantitative estimate of drug-likeness (QED) is 0.647. The average molecular weight is 307 g/mol. The van der Waals surface area contributed by atoms with Crippen molar-refractivity contribution in [3.8, 4) is 0 Å². The van der Waals surface area contributed by atoms with Gasteiger partial charge in [-0.3, -0.25) is 4.79 Å². The van der Waals surface area contributed by atoms with Crippen LogP contribution in [-0.4, -0.2) is 44.5 Å². The first-order valence-electron chi connectivity index (χ1n) is 6.89. The highest BCUT2D eigenvalue weighted by atomic mass is 32.2. The fraction of sp³-hybridized carbons (Fsp3) is 0.923. The van der Waals surface area contributed by atoms with Crippen molar-refractivity contribution >= 4 is 16.0 Å². The van der Waals surface area contributed by atoms with Crippen LogP contribution in [0.3, 0.4) is 0 Å². The number of aliphatic hydroxyl groups is 1.